The Bertz CT molecular complexity index is 655. The van der Waals surface area contributed by atoms with E-state index in [0.29, 0.717) is 26.6 Å². The summed E-state index contributed by atoms with van der Waals surface area (Å²) in [4.78, 5) is 15.1. The number of carboxylic acids is 1. The SMILES string of the molecule is Cc1nn(-c2ncc(Cl)cc2Br)c(C)c1CC(=O)O. The summed E-state index contributed by atoms with van der Waals surface area (Å²) >= 11 is 9.23. The lowest BCUT2D eigenvalue weighted by Gasteiger charge is -2.06. The molecule has 5 nitrogen and oxygen atoms in total. The molecule has 0 aliphatic rings. The average molecular weight is 345 g/mol. The number of aryl methyl sites for hydroxylation is 1. The fourth-order valence-corrected chi connectivity index (χ4v) is 2.66. The predicted octanol–water partition coefficient (Wildman–Crippen LogP) is 2.93. The summed E-state index contributed by atoms with van der Waals surface area (Å²) in [7, 11) is 0. The van der Waals surface area contributed by atoms with Gasteiger partial charge in [-0.2, -0.15) is 5.10 Å². The molecule has 19 heavy (non-hydrogen) atoms. The Balaban J connectivity index is 2.54. The number of hydrogen-bond acceptors (Lipinski definition) is 3. The van der Waals surface area contributed by atoms with Crippen LogP contribution in [-0.2, 0) is 11.2 Å². The first-order valence-corrected chi connectivity index (χ1v) is 6.65. The van der Waals surface area contributed by atoms with Crippen molar-refractivity contribution < 1.29 is 9.90 Å². The van der Waals surface area contributed by atoms with Gasteiger partial charge in [-0.05, 0) is 35.8 Å². The van der Waals surface area contributed by atoms with Gasteiger partial charge in [-0.15, -0.1) is 0 Å². The number of aliphatic carboxylic acids is 1. The van der Waals surface area contributed by atoms with Gasteiger partial charge in [-0.25, -0.2) is 9.67 Å². The van der Waals surface area contributed by atoms with Crippen LogP contribution in [0.2, 0.25) is 5.02 Å². The molecule has 100 valence electrons. The average Bonchev–Trinajstić information content (AvgIpc) is 2.57. The van der Waals surface area contributed by atoms with E-state index >= 15 is 0 Å². The van der Waals surface area contributed by atoms with Crippen molar-refractivity contribution in [2.75, 3.05) is 0 Å². The number of nitrogens with zero attached hydrogens (tertiary/aromatic N) is 3. The number of carboxylic acid groups (broad SMARTS) is 1. The van der Waals surface area contributed by atoms with Crippen LogP contribution in [0.5, 0.6) is 0 Å². The van der Waals surface area contributed by atoms with Crippen LogP contribution >= 0.6 is 27.5 Å². The first-order chi connectivity index (χ1) is 8.90. The van der Waals surface area contributed by atoms with E-state index < -0.39 is 5.97 Å². The van der Waals surface area contributed by atoms with Gasteiger partial charge < -0.3 is 5.11 Å². The van der Waals surface area contributed by atoms with Gasteiger partial charge in [0, 0.05) is 17.5 Å². The van der Waals surface area contributed by atoms with Crippen molar-refractivity contribution in [3.05, 3.63) is 38.7 Å². The van der Waals surface area contributed by atoms with Gasteiger partial charge in [-0.1, -0.05) is 11.6 Å². The quantitative estimate of drug-likeness (QED) is 0.929. The third-order valence-corrected chi connectivity index (χ3v) is 3.55. The second-order valence-electron chi connectivity index (χ2n) is 4.09. The number of rotatable bonds is 3. The zero-order valence-electron chi connectivity index (χ0n) is 10.3. The Morgan fingerprint density at radius 3 is 2.79 bits per heavy atom. The summed E-state index contributed by atoms with van der Waals surface area (Å²) < 4.78 is 2.32. The zero-order valence-corrected chi connectivity index (χ0v) is 12.7. The van der Waals surface area contributed by atoms with E-state index in [0.717, 1.165) is 5.69 Å². The number of halogens is 2. The van der Waals surface area contributed by atoms with Crippen molar-refractivity contribution in [2.45, 2.75) is 20.3 Å². The van der Waals surface area contributed by atoms with Crippen LogP contribution in [0.25, 0.3) is 5.82 Å². The molecule has 0 fully saturated rings. The van der Waals surface area contributed by atoms with E-state index in [1.165, 1.54) is 6.20 Å². The van der Waals surface area contributed by atoms with Crippen molar-refractivity contribution in [3.63, 3.8) is 0 Å². The minimum atomic E-state index is -0.881. The summed E-state index contributed by atoms with van der Waals surface area (Å²) in [5.41, 5.74) is 2.15. The Hall–Kier alpha value is -1.40. The molecule has 0 bridgehead atoms. The fraction of sp³-hybridized carbons (Fsp3) is 0.250. The molecule has 0 aliphatic heterocycles. The van der Waals surface area contributed by atoms with Crippen molar-refractivity contribution in [2.24, 2.45) is 0 Å². The minimum Gasteiger partial charge on any atom is -0.481 e. The highest BCUT2D eigenvalue weighted by Crippen LogP contribution is 2.25. The summed E-state index contributed by atoms with van der Waals surface area (Å²) in [6.07, 6.45) is 1.47. The summed E-state index contributed by atoms with van der Waals surface area (Å²) in [5, 5.41) is 13.8. The standard InChI is InChI=1S/C12H11BrClN3O2/c1-6-9(4-11(18)19)7(2)17(16-6)12-10(13)3-8(14)5-15-12/h3,5H,4H2,1-2H3,(H,18,19). The van der Waals surface area contributed by atoms with Crippen LogP contribution in [0.4, 0.5) is 0 Å². The summed E-state index contributed by atoms with van der Waals surface area (Å²) in [6, 6.07) is 1.72. The topological polar surface area (TPSA) is 68.0 Å². The molecule has 0 saturated heterocycles. The molecule has 7 heteroatoms. The Kier molecular flexibility index (Phi) is 3.91. The van der Waals surface area contributed by atoms with Crippen molar-refractivity contribution in [3.8, 4) is 5.82 Å². The zero-order chi connectivity index (χ0) is 14.2. The molecule has 2 aromatic heterocycles. The molecule has 0 atom stereocenters. The van der Waals surface area contributed by atoms with E-state index in [2.05, 4.69) is 26.0 Å². The number of aromatic nitrogens is 3. The van der Waals surface area contributed by atoms with Crippen molar-refractivity contribution in [1.29, 1.82) is 0 Å². The van der Waals surface area contributed by atoms with Gasteiger partial charge in [0.15, 0.2) is 5.82 Å². The number of pyridine rings is 1. The molecule has 2 heterocycles. The highest BCUT2D eigenvalue weighted by molar-refractivity contribution is 9.10. The van der Waals surface area contributed by atoms with E-state index in [1.54, 1.807) is 17.7 Å². The molecule has 0 spiro atoms. The lowest BCUT2D eigenvalue weighted by Crippen LogP contribution is -2.05. The molecule has 0 aliphatic carbocycles. The van der Waals surface area contributed by atoms with Crippen LogP contribution < -0.4 is 0 Å². The Morgan fingerprint density at radius 2 is 2.21 bits per heavy atom. The normalized spacial score (nSPS) is 10.7. The second kappa shape index (κ2) is 5.30. The Labute approximate surface area is 123 Å². The van der Waals surface area contributed by atoms with E-state index in [-0.39, 0.29) is 6.42 Å². The van der Waals surface area contributed by atoms with Crippen molar-refractivity contribution >= 4 is 33.5 Å². The van der Waals surface area contributed by atoms with E-state index in [4.69, 9.17) is 16.7 Å². The molecule has 0 saturated carbocycles. The predicted molar refractivity (Wildman–Crippen MR) is 74.9 cm³/mol. The highest BCUT2D eigenvalue weighted by atomic mass is 79.9. The number of hydrogen-bond donors (Lipinski definition) is 1. The molecule has 0 unspecified atom stereocenters. The van der Waals surface area contributed by atoms with E-state index in [1.807, 2.05) is 6.92 Å². The second-order valence-corrected chi connectivity index (χ2v) is 5.38. The number of carbonyl (C=O) groups is 1. The van der Waals surface area contributed by atoms with Gasteiger partial charge in [0.2, 0.25) is 0 Å². The fourth-order valence-electron chi connectivity index (χ4n) is 1.85. The molecule has 0 radical (unpaired) electrons. The van der Waals surface area contributed by atoms with Gasteiger partial charge >= 0.3 is 5.97 Å². The lowest BCUT2D eigenvalue weighted by molar-refractivity contribution is -0.136. The molecule has 1 N–H and O–H groups in total. The lowest BCUT2D eigenvalue weighted by atomic mass is 10.1. The summed E-state index contributed by atoms with van der Waals surface area (Å²) in [5.74, 6) is -0.296. The first-order valence-electron chi connectivity index (χ1n) is 5.48. The third-order valence-electron chi connectivity index (χ3n) is 2.76. The maximum Gasteiger partial charge on any atom is 0.307 e. The van der Waals surface area contributed by atoms with Crippen molar-refractivity contribution in [1.82, 2.24) is 14.8 Å². The van der Waals surface area contributed by atoms with Crippen LogP contribution in [0.15, 0.2) is 16.7 Å². The smallest absolute Gasteiger partial charge is 0.307 e. The molecule has 2 aromatic rings. The van der Waals surface area contributed by atoms with Gasteiger partial charge in [-0.3, -0.25) is 4.79 Å². The molecule has 2 rings (SSSR count). The van der Waals surface area contributed by atoms with Gasteiger partial charge in [0.25, 0.3) is 0 Å². The third kappa shape index (κ3) is 2.79. The maximum atomic E-state index is 10.9. The summed E-state index contributed by atoms with van der Waals surface area (Å²) in [6.45, 7) is 3.60. The van der Waals surface area contributed by atoms with E-state index in [9.17, 15) is 4.79 Å². The van der Waals surface area contributed by atoms with Crippen LogP contribution in [0.3, 0.4) is 0 Å². The van der Waals surface area contributed by atoms with Crippen LogP contribution in [0, 0.1) is 13.8 Å². The molecular formula is C12H11BrClN3O2. The maximum absolute atomic E-state index is 10.9. The molecule has 0 aromatic carbocycles. The molecule has 0 amide bonds. The van der Waals surface area contributed by atoms with Crippen LogP contribution in [-0.4, -0.2) is 25.8 Å². The first kappa shape index (κ1) is 14.0. The van der Waals surface area contributed by atoms with Crippen LogP contribution in [0.1, 0.15) is 17.0 Å². The molecular weight excluding hydrogens is 334 g/mol. The Morgan fingerprint density at radius 1 is 1.53 bits per heavy atom. The van der Waals surface area contributed by atoms with Gasteiger partial charge in [0.1, 0.15) is 0 Å². The van der Waals surface area contributed by atoms with Gasteiger partial charge in [0.05, 0.1) is 21.6 Å². The minimum absolute atomic E-state index is 0.0527. The largest absolute Gasteiger partial charge is 0.481 e. The monoisotopic (exact) mass is 343 g/mol. The highest BCUT2D eigenvalue weighted by Gasteiger charge is 2.17.